The van der Waals surface area contributed by atoms with E-state index in [1.807, 2.05) is 0 Å². The Morgan fingerprint density at radius 3 is 2.53 bits per heavy atom. The van der Waals surface area contributed by atoms with Gasteiger partial charge >= 0.3 is 5.97 Å². The minimum absolute atomic E-state index is 0.213. The molecular formula is C12H21N3O2. The number of rotatable bonds is 6. The number of hydrogen-bond acceptors (Lipinski definition) is 4. The Kier molecular flexibility index (Phi) is 5.00. The summed E-state index contributed by atoms with van der Waals surface area (Å²) in [6.07, 6.45) is 5.96. The molecule has 0 unspecified atom stereocenters. The molecule has 96 valence electrons. The molecule has 1 aromatic heterocycles. The maximum absolute atomic E-state index is 11.4. The second kappa shape index (κ2) is 6.27. The number of nitrogens with two attached hydrogens (primary N) is 1. The third kappa shape index (κ3) is 3.22. The van der Waals surface area contributed by atoms with Crippen molar-refractivity contribution in [3.8, 4) is 0 Å². The van der Waals surface area contributed by atoms with Gasteiger partial charge in [0.15, 0.2) is 5.69 Å². The minimum atomic E-state index is -0.479. The van der Waals surface area contributed by atoms with Gasteiger partial charge in [0.05, 0.1) is 18.8 Å². The van der Waals surface area contributed by atoms with Crippen LogP contribution >= 0.6 is 0 Å². The highest BCUT2D eigenvalue weighted by atomic mass is 16.5. The molecule has 0 amide bonds. The van der Waals surface area contributed by atoms with Gasteiger partial charge in [0.1, 0.15) is 0 Å². The predicted octanol–water partition coefficient (Wildman–Crippen LogP) is 2.39. The quantitative estimate of drug-likeness (QED) is 0.774. The number of methoxy groups -OCH3 is 1. The van der Waals surface area contributed by atoms with Crippen LogP contribution in [0.15, 0.2) is 6.20 Å². The number of ether oxygens (including phenoxy) is 1. The first-order valence-electron chi connectivity index (χ1n) is 6.06. The number of hydrogen-bond donors (Lipinski definition) is 1. The molecule has 5 heteroatoms. The highest BCUT2D eigenvalue weighted by Gasteiger charge is 2.18. The molecule has 0 aliphatic rings. The van der Waals surface area contributed by atoms with Crippen molar-refractivity contribution in [3.05, 3.63) is 11.9 Å². The molecule has 0 aromatic carbocycles. The largest absolute Gasteiger partial charge is 0.464 e. The first-order chi connectivity index (χ1) is 8.13. The summed E-state index contributed by atoms with van der Waals surface area (Å²) in [5.74, 6) is -0.479. The van der Waals surface area contributed by atoms with Gasteiger partial charge in [-0.15, -0.1) is 0 Å². The van der Waals surface area contributed by atoms with Gasteiger partial charge in [-0.05, 0) is 12.8 Å². The zero-order valence-electron chi connectivity index (χ0n) is 10.8. The summed E-state index contributed by atoms with van der Waals surface area (Å²) in [4.78, 5) is 11.4. The summed E-state index contributed by atoms with van der Waals surface area (Å²) in [6.45, 7) is 4.27. The van der Waals surface area contributed by atoms with Crippen molar-refractivity contribution in [1.29, 1.82) is 0 Å². The van der Waals surface area contributed by atoms with E-state index in [1.54, 1.807) is 10.9 Å². The molecule has 17 heavy (non-hydrogen) atoms. The Bertz CT molecular complexity index is 368. The molecule has 0 aliphatic heterocycles. The Labute approximate surface area is 102 Å². The van der Waals surface area contributed by atoms with Crippen molar-refractivity contribution in [2.24, 2.45) is 0 Å². The summed E-state index contributed by atoms with van der Waals surface area (Å²) < 4.78 is 6.44. The fourth-order valence-electron chi connectivity index (χ4n) is 1.92. The van der Waals surface area contributed by atoms with Crippen LogP contribution in [0.2, 0.25) is 0 Å². The molecular weight excluding hydrogens is 218 g/mol. The van der Waals surface area contributed by atoms with E-state index in [9.17, 15) is 4.79 Å². The van der Waals surface area contributed by atoms with Crippen molar-refractivity contribution >= 4 is 11.7 Å². The van der Waals surface area contributed by atoms with E-state index in [4.69, 9.17) is 5.73 Å². The third-order valence-electron chi connectivity index (χ3n) is 2.76. The van der Waals surface area contributed by atoms with Gasteiger partial charge in [-0.2, -0.15) is 5.10 Å². The van der Waals surface area contributed by atoms with Gasteiger partial charge < -0.3 is 10.5 Å². The molecule has 5 nitrogen and oxygen atoms in total. The first-order valence-corrected chi connectivity index (χ1v) is 6.06. The van der Waals surface area contributed by atoms with E-state index >= 15 is 0 Å². The summed E-state index contributed by atoms with van der Waals surface area (Å²) in [7, 11) is 1.33. The van der Waals surface area contributed by atoms with Crippen molar-refractivity contribution in [1.82, 2.24) is 9.78 Å². The van der Waals surface area contributed by atoms with Crippen LogP contribution in [0.1, 0.15) is 56.1 Å². The Morgan fingerprint density at radius 2 is 2.06 bits per heavy atom. The van der Waals surface area contributed by atoms with E-state index in [1.165, 1.54) is 7.11 Å². The lowest BCUT2D eigenvalue weighted by Gasteiger charge is -2.15. The van der Waals surface area contributed by atoms with Gasteiger partial charge in [-0.1, -0.05) is 26.7 Å². The molecule has 0 saturated heterocycles. The molecule has 0 saturated carbocycles. The van der Waals surface area contributed by atoms with Crippen LogP contribution in [0, 0.1) is 0 Å². The lowest BCUT2D eigenvalue weighted by molar-refractivity contribution is 0.0593. The fraction of sp³-hybridized carbons (Fsp3) is 0.667. The van der Waals surface area contributed by atoms with Crippen LogP contribution in [-0.2, 0) is 4.74 Å². The summed E-state index contributed by atoms with van der Waals surface area (Å²) >= 11 is 0. The van der Waals surface area contributed by atoms with Crippen molar-refractivity contribution < 1.29 is 9.53 Å². The number of carbonyl (C=O) groups is 1. The Hall–Kier alpha value is -1.52. The SMILES string of the molecule is CCCC(CCC)n1cc(N)c(C(=O)OC)n1. The molecule has 2 N–H and O–H groups in total. The highest BCUT2D eigenvalue weighted by Crippen LogP contribution is 2.22. The van der Waals surface area contributed by atoms with Gasteiger partial charge in [-0.25, -0.2) is 4.79 Å². The van der Waals surface area contributed by atoms with Crippen molar-refractivity contribution in [3.63, 3.8) is 0 Å². The second-order valence-electron chi connectivity index (χ2n) is 4.14. The van der Waals surface area contributed by atoms with Crippen LogP contribution in [0.3, 0.4) is 0 Å². The third-order valence-corrected chi connectivity index (χ3v) is 2.76. The predicted molar refractivity (Wildman–Crippen MR) is 66.8 cm³/mol. The molecule has 0 atom stereocenters. The number of nitrogen functional groups attached to an aromatic ring is 1. The number of aromatic nitrogens is 2. The van der Waals surface area contributed by atoms with Crippen molar-refractivity contribution in [2.45, 2.75) is 45.6 Å². The van der Waals surface area contributed by atoms with Crippen LogP contribution in [0.25, 0.3) is 0 Å². The maximum atomic E-state index is 11.4. The maximum Gasteiger partial charge on any atom is 0.360 e. The summed E-state index contributed by atoms with van der Waals surface area (Å²) in [5, 5.41) is 4.24. The average molecular weight is 239 g/mol. The fourth-order valence-corrected chi connectivity index (χ4v) is 1.92. The van der Waals surface area contributed by atoms with Gasteiger partial charge in [0.25, 0.3) is 0 Å². The minimum Gasteiger partial charge on any atom is -0.464 e. The average Bonchev–Trinajstić information content (AvgIpc) is 2.70. The van der Waals surface area contributed by atoms with Crippen LogP contribution in [0.5, 0.6) is 0 Å². The molecule has 0 aliphatic carbocycles. The van der Waals surface area contributed by atoms with Gasteiger partial charge in [-0.3, -0.25) is 4.68 Å². The highest BCUT2D eigenvalue weighted by molar-refractivity contribution is 5.92. The molecule has 1 heterocycles. The van der Waals surface area contributed by atoms with Crippen LogP contribution in [-0.4, -0.2) is 22.9 Å². The monoisotopic (exact) mass is 239 g/mol. The second-order valence-corrected chi connectivity index (χ2v) is 4.14. The normalized spacial score (nSPS) is 10.8. The van der Waals surface area contributed by atoms with Gasteiger partial charge in [0.2, 0.25) is 0 Å². The van der Waals surface area contributed by atoms with Gasteiger partial charge in [0, 0.05) is 6.20 Å². The standard InChI is InChI=1S/C12H21N3O2/c1-4-6-9(7-5-2)15-8-10(13)11(14-15)12(16)17-3/h8-9H,4-7,13H2,1-3H3. The Morgan fingerprint density at radius 1 is 1.47 bits per heavy atom. The molecule has 1 rings (SSSR count). The lowest BCUT2D eigenvalue weighted by atomic mass is 10.1. The molecule has 1 aromatic rings. The van der Waals surface area contributed by atoms with Crippen molar-refractivity contribution in [2.75, 3.05) is 12.8 Å². The number of nitrogens with zero attached hydrogens (tertiary/aromatic N) is 2. The van der Waals surface area contributed by atoms with E-state index in [-0.39, 0.29) is 5.69 Å². The molecule has 0 radical (unpaired) electrons. The number of esters is 1. The van der Waals surface area contributed by atoms with E-state index in [0.717, 1.165) is 25.7 Å². The lowest BCUT2D eigenvalue weighted by Crippen LogP contribution is -2.11. The first kappa shape index (κ1) is 13.5. The Balaban J connectivity index is 2.93. The van der Waals surface area contributed by atoms with E-state index in [2.05, 4.69) is 23.7 Å². The van der Waals surface area contributed by atoms with E-state index in [0.29, 0.717) is 11.7 Å². The summed E-state index contributed by atoms with van der Waals surface area (Å²) in [5.41, 5.74) is 6.36. The zero-order chi connectivity index (χ0) is 12.8. The smallest absolute Gasteiger partial charge is 0.360 e. The molecule has 0 spiro atoms. The van der Waals surface area contributed by atoms with Crippen LogP contribution < -0.4 is 5.73 Å². The molecule has 0 bridgehead atoms. The zero-order valence-corrected chi connectivity index (χ0v) is 10.8. The topological polar surface area (TPSA) is 70.1 Å². The van der Waals surface area contributed by atoms with E-state index < -0.39 is 5.97 Å². The number of carbonyl (C=O) groups excluding carboxylic acids is 1. The number of anilines is 1. The van der Waals surface area contributed by atoms with Crippen LogP contribution in [0.4, 0.5) is 5.69 Å². The molecule has 0 fully saturated rings. The summed E-state index contributed by atoms with van der Waals surface area (Å²) in [6, 6.07) is 0.311.